The van der Waals surface area contributed by atoms with E-state index < -0.39 is 30.7 Å². The molecule has 0 spiro atoms. The Morgan fingerprint density at radius 1 is 1.33 bits per heavy atom. The number of aliphatic hydroxyl groups excluding tert-OH is 3. The van der Waals surface area contributed by atoms with Crippen molar-refractivity contribution in [1.82, 2.24) is 19.5 Å². The summed E-state index contributed by atoms with van der Waals surface area (Å²) in [4.78, 5) is 11.9. The quantitative estimate of drug-likeness (QED) is 0.403. The summed E-state index contributed by atoms with van der Waals surface area (Å²) in [6, 6.07) is 0. The Morgan fingerprint density at radius 2 is 2.10 bits per heavy atom. The smallest absolute Gasteiger partial charge is 0.219 e. The van der Waals surface area contributed by atoms with Crippen LogP contribution >= 0.6 is 0 Å². The Kier molecular flexibility index (Phi) is 3.26. The van der Waals surface area contributed by atoms with E-state index in [-0.39, 0.29) is 12.4 Å². The van der Waals surface area contributed by atoms with Crippen molar-refractivity contribution in [3.05, 3.63) is 12.7 Å². The van der Waals surface area contributed by atoms with Crippen molar-refractivity contribution < 1.29 is 25.2 Å². The topological polar surface area (TPSA) is 160 Å². The summed E-state index contributed by atoms with van der Waals surface area (Å²) in [6.45, 7) is -0.769. The van der Waals surface area contributed by atoms with Crippen LogP contribution in [0.25, 0.3) is 11.2 Å². The van der Waals surface area contributed by atoms with E-state index in [1.807, 2.05) is 0 Å². The minimum absolute atomic E-state index is 0.0630. The molecule has 2 aromatic heterocycles. The molecule has 114 valence electrons. The summed E-state index contributed by atoms with van der Waals surface area (Å²) >= 11 is 0. The fourth-order valence-corrected chi connectivity index (χ4v) is 2.37. The third-order valence-electron chi connectivity index (χ3n) is 3.55. The number of hydrogen-bond donors (Lipinski definition) is 5. The molecule has 1 aliphatic rings. The van der Waals surface area contributed by atoms with Crippen LogP contribution in [0.2, 0.25) is 0 Å². The van der Waals surface area contributed by atoms with Crippen molar-refractivity contribution in [3.8, 4) is 0 Å². The molecular formula is C11H15N5O5. The average Bonchev–Trinajstić information content (AvgIpc) is 2.97. The van der Waals surface area contributed by atoms with E-state index in [9.17, 15) is 15.3 Å². The Hall–Kier alpha value is -1.85. The van der Waals surface area contributed by atoms with Crippen LogP contribution in [0, 0.1) is 0 Å². The number of nitrogen functional groups attached to an aromatic ring is 1. The predicted octanol–water partition coefficient (Wildman–Crippen LogP) is -2.79. The van der Waals surface area contributed by atoms with Crippen LogP contribution in [-0.4, -0.2) is 70.7 Å². The van der Waals surface area contributed by atoms with Gasteiger partial charge in [-0.1, -0.05) is 0 Å². The lowest BCUT2D eigenvalue weighted by molar-refractivity contribution is -0.246. The van der Waals surface area contributed by atoms with Gasteiger partial charge in [0.1, 0.15) is 30.2 Å². The molecule has 0 unspecified atom stereocenters. The van der Waals surface area contributed by atoms with Crippen molar-refractivity contribution in [3.63, 3.8) is 0 Å². The second-order valence-corrected chi connectivity index (χ2v) is 4.92. The maximum Gasteiger partial charge on any atom is 0.219 e. The molecule has 0 aliphatic carbocycles. The van der Waals surface area contributed by atoms with E-state index in [1.54, 1.807) is 4.57 Å². The molecule has 21 heavy (non-hydrogen) atoms. The lowest BCUT2D eigenvalue weighted by Crippen LogP contribution is -2.46. The van der Waals surface area contributed by atoms with E-state index in [4.69, 9.17) is 15.6 Å². The highest BCUT2D eigenvalue weighted by Gasteiger charge is 2.53. The van der Waals surface area contributed by atoms with Gasteiger partial charge in [0.2, 0.25) is 5.79 Å². The van der Waals surface area contributed by atoms with Crippen molar-refractivity contribution in [2.24, 2.45) is 0 Å². The number of anilines is 1. The Labute approximate surface area is 118 Å². The summed E-state index contributed by atoms with van der Waals surface area (Å²) in [5, 5.41) is 38.5. The van der Waals surface area contributed by atoms with Gasteiger partial charge in [0.25, 0.3) is 0 Å². The molecule has 1 aliphatic heterocycles. The van der Waals surface area contributed by atoms with Gasteiger partial charge in [0, 0.05) is 0 Å². The molecular weight excluding hydrogens is 282 g/mol. The number of aliphatic hydroxyl groups is 4. The molecule has 3 rings (SSSR count). The second-order valence-electron chi connectivity index (χ2n) is 4.92. The molecule has 0 radical (unpaired) electrons. The molecule has 2 aromatic rings. The van der Waals surface area contributed by atoms with Crippen LogP contribution in [0.15, 0.2) is 12.7 Å². The Morgan fingerprint density at radius 3 is 2.76 bits per heavy atom. The van der Waals surface area contributed by atoms with Crippen molar-refractivity contribution in [2.45, 2.75) is 30.6 Å². The summed E-state index contributed by atoms with van der Waals surface area (Å²) in [6.07, 6.45) is -1.19. The van der Waals surface area contributed by atoms with Gasteiger partial charge in [-0.15, -0.1) is 0 Å². The van der Waals surface area contributed by atoms with Crippen LogP contribution in [0.1, 0.15) is 0 Å². The zero-order chi connectivity index (χ0) is 15.2. The molecule has 0 saturated carbocycles. The van der Waals surface area contributed by atoms with Gasteiger partial charge in [-0.2, -0.15) is 0 Å². The van der Waals surface area contributed by atoms with Crippen LogP contribution in [0.3, 0.4) is 0 Å². The minimum Gasteiger partial charge on any atom is -0.391 e. The van der Waals surface area contributed by atoms with Crippen LogP contribution in [0.4, 0.5) is 5.82 Å². The molecule has 10 nitrogen and oxygen atoms in total. The summed E-state index contributed by atoms with van der Waals surface area (Å²) < 4.78 is 6.71. The Bertz CT molecular complexity index is 663. The van der Waals surface area contributed by atoms with Crippen molar-refractivity contribution >= 4 is 17.0 Å². The zero-order valence-electron chi connectivity index (χ0n) is 10.9. The maximum absolute atomic E-state index is 9.91. The van der Waals surface area contributed by atoms with Crippen LogP contribution < -0.4 is 5.73 Å². The molecule has 3 heterocycles. The van der Waals surface area contributed by atoms with Gasteiger partial charge in [0.15, 0.2) is 11.5 Å². The predicted molar refractivity (Wildman–Crippen MR) is 68.7 cm³/mol. The van der Waals surface area contributed by atoms with Gasteiger partial charge < -0.3 is 35.5 Å². The first-order valence-electron chi connectivity index (χ1n) is 6.25. The van der Waals surface area contributed by atoms with Crippen molar-refractivity contribution in [1.29, 1.82) is 0 Å². The zero-order valence-corrected chi connectivity index (χ0v) is 10.9. The number of hydrogen-bond acceptors (Lipinski definition) is 9. The van der Waals surface area contributed by atoms with Crippen LogP contribution in [0.5, 0.6) is 0 Å². The lowest BCUT2D eigenvalue weighted by Gasteiger charge is -2.22. The van der Waals surface area contributed by atoms with E-state index >= 15 is 0 Å². The summed E-state index contributed by atoms with van der Waals surface area (Å²) in [5.41, 5.74) is 6.51. The third kappa shape index (κ3) is 2.13. The molecule has 10 heteroatoms. The van der Waals surface area contributed by atoms with Gasteiger partial charge >= 0.3 is 0 Å². The lowest BCUT2D eigenvalue weighted by atomic mass is 10.1. The standard InChI is InChI=1S/C11H15N5O5/c12-9-6-10(14-3-13-9)16(4-15-6)1-5-7(18)8(19)11(20,2-17)21-5/h3-5,7-8,17-20H,1-2H2,(H2,12,13,14)/t5-,7+,8-,11+/m0/s1. The fourth-order valence-electron chi connectivity index (χ4n) is 2.37. The van der Waals surface area contributed by atoms with E-state index in [1.165, 1.54) is 12.7 Å². The van der Waals surface area contributed by atoms with Crippen LogP contribution in [-0.2, 0) is 11.3 Å². The van der Waals surface area contributed by atoms with Gasteiger partial charge in [-0.25, -0.2) is 15.0 Å². The molecule has 6 N–H and O–H groups in total. The highest BCUT2D eigenvalue weighted by atomic mass is 16.7. The SMILES string of the molecule is Nc1ncnc2c1ncn2C[C@@H]1O[C@](O)(CO)[C@@H](O)[C@@H]1O. The Balaban J connectivity index is 1.88. The third-order valence-corrected chi connectivity index (χ3v) is 3.55. The summed E-state index contributed by atoms with van der Waals surface area (Å²) in [7, 11) is 0. The minimum atomic E-state index is -2.19. The fraction of sp³-hybridized carbons (Fsp3) is 0.545. The number of nitrogens with zero attached hydrogens (tertiary/aromatic N) is 4. The normalized spacial score (nSPS) is 32.9. The molecule has 0 aromatic carbocycles. The summed E-state index contributed by atoms with van der Waals surface area (Å²) in [5.74, 6) is -1.97. The highest BCUT2D eigenvalue weighted by molar-refractivity contribution is 5.81. The molecule has 0 bridgehead atoms. The van der Waals surface area contributed by atoms with Gasteiger partial charge in [0.05, 0.1) is 19.5 Å². The first-order chi connectivity index (χ1) is 9.96. The number of rotatable bonds is 3. The number of fused-ring (bicyclic) bond motifs is 1. The number of aromatic nitrogens is 4. The van der Waals surface area contributed by atoms with E-state index in [2.05, 4.69) is 15.0 Å². The maximum atomic E-state index is 9.91. The van der Waals surface area contributed by atoms with Crippen molar-refractivity contribution in [2.75, 3.05) is 12.3 Å². The highest BCUT2D eigenvalue weighted by Crippen LogP contribution is 2.30. The van der Waals surface area contributed by atoms with Gasteiger partial charge in [-0.3, -0.25) is 0 Å². The number of imidazole rings is 1. The second kappa shape index (κ2) is 4.86. The van der Waals surface area contributed by atoms with Gasteiger partial charge in [-0.05, 0) is 0 Å². The first kappa shape index (κ1) is 14.1. The van der Waals surface area contributed by atoms with E-state index in [0.29, 0.717) is 11.2 Å². The number of nitrogens with two attached hydrogens (primary N) is 1. The monoisotopic (exact) mass is 297 g/mol. The first-order valence-corrected chi connectivity index (χ1v) is 6.25. The number of ether oxygens (including phenoxy) is 1. The molecule has 1 saturated heterocycles. The molecule has 1 fully saturated rings. The largest absolute Gasteiger partial charge is 0.391 e. The molecule has 4 atom stereocenters. The average molecular weight is 297 g/mol. The molecule has 0 amide bonds. The van der Waals surface area contributed by atoms with E-state index in [0.717, 1.165) is 0 Å².